The van der Waals surface area contributed by atoms with Crippen LogP contribution in [0.2, 0.25) is 10.0 Å². The number of aromatic nitrogens is 1. The SMILES string of the molecule is C=C[C@H]1CN2CC[C@H]1C[C@@H]2[C@@H](O)c1ccnc2ccc(OC)cc12.Cl.Clc1ccc(Cl)cc1. The molecule has 6 rings (SSSR count). The van der Waals surface area contributed by atoms with Crippen molar-refractivity contribution >= 4 is 46.5 Å². The molecule has 176 valence electrons. The lowest BCUT2D eigenvalue weighted by molar-refractivity contribution is -0.0444. The second kappa shape index (κ2) is 11.5. The molecule has 7 heteroatoms. The Labute approximate surface area is 211 Å². The van der Waals surface area contributed by atoms with E-state index in [0.29, 0.717) is 11.8 Å². The summed E-state index contributed by atoms with van der Waals surface area (Å²) in [5.74, 6) is 2.01. The van der Waals surface area contributed by atoms with E-state index in [1.165, 1.54) is 6.42 Å². The molecule has 0 aliphatic carbocycles. The second-order valence-electron chi connectivity index (χ2n) is 8.41. The number of methoxy groups -OCH3 is 1. The van der Waals surface area contributed by atoms with Crippen molar-refractivity contribution in [3.8, 4) is 5.75 Å². The van der Waals surface area contributed by atoms with E-state index in [1.807, 2.05) is 24.3 Å². The molecule has 3 aliphatic heterocycles. The van der Waals surface area contributed by atoms with Crippen LogP contribution in [-0.2, 0) is 0 Å². The number of ether oxygens (including phenoxy) is 1. The molecule has 3 fully saturated rings. The van der Waals surface area contributed by atoms with Gasteiger partial charge in [-0.05, 0) is 85.3 Å². The first kappa shape index (κ1) is 25.8. The van der Waals surface area contributed by atoms with Crippen LogP contribution in [0.3, 0.4) is 0 Å². The number of rotatable bonds is 4. The van der Waals surface area contributed by atoms with Gasteiger partial charge >= 0.3 is 0 Å². The third-order valence-electron chi connectivity index (χ3n) is 6.62. The smallest absolute Gasteiger partial charge is 0.119 e. The van der Waals surface area contributed by atoms with Crippen LogP contribution in [0.4, 0.5) is 0 Å². The van der Waals surface area contributed by atoms with Gasteiger partial charge in [-0.25, -0.2) is 0 Å². The minimum absolute atomic E-state index is 0. The van der Waals surface area contributed by atoms with Crippen LogP contribution in [-0.4, -0.2) is 41.2 Å². The predicted molar refractivity (Wildman–Crippen MR) is 139 cm³/mol. The summed E-state index contributed by atoms with van der Waals surface area (Å²) in [5.41, 5.74) is 1.85. The van der Waals surface area contributed by atoms with Gasteiger partial charge in [0, 0.05) is 34.2 Å². The van der Waals surface area contributed by atoms with E-state index in [1.54, 1.807) is 37.6 Å². The Morgan fingerprint density at radius 2 is 1.85 bits per heavy atom. The van der Waals surface area contributed by atoms with Gasteiger partial charge in [0.05, 0.1) is 18.7 Å². The molecule has 4 nitrogen and oxygen atoms in total. The van der Waals surface area contributed by atoms with E-state index in [0.717, 1.165) is 51.8 Å². The molecule has 1 unspecified atom stereocenters. The van der Waals surface area contributed by atoms with Gasteiger partial charge in [-0.2, -0.15) is 0 Å². The van der Waals surface area contributed by atoms with Crippen LogP contribution in [0.1, 0.15) is 24.5 Å². The maximum atomic E-state index is 11.2. The largest absolute Gasteiger partial charge is 0.497 e. The standard InChI is InChI=1S/C20H24N2O2.C6H4Cl2.ClH/c1-3-13-12-22-9-7-14(13)10-19(22)20(23)16-6-8-21-18-5-4-15(24-2)11-17(16)18;7-5-1-2-6(8)4-3-5;/h3-6,8,11,13-14,19-20,23H,1,7,9-10,12H2,2H3;1-4H;1H/t13-,14-,19+,20-;;/m0../s1. The molecule has 0 amide bonds. The van der Waals surface area contributed by atoms with E-state index >= 15 is 0 Å². The Morgan fingerprint density at radius 3 is 2.42 bits per heavy atom. The molecule has 0 saturated carbocycles. The highest BCUT2D eigenvalue weighted by Crippen LogP contribution is 2.42. The number of pyridine rings is 1. The van der Waals surface area contributed by atoms with E-state index in [-0.39, 0.29) is 18.4 Å². The lowest BCUT2D eigenvalue weighted by atomic mass is 9.73. The predicted octanol–water partition coefficient (Wildman–Crippen LogP) is 6.59. The van der Waals surface area contributed by atoms with Crippen LogP contribution in [0, 0.1) is 11.8 Å². The number of halogens is 3. The molecule has 4 heterocycles. The lowest BCUT2D eigenvalue weighted by Crippen LogP contribution is -2.54. The summed E-state index contributed by atoms with van der Waals surface area (Å²) in [5, 5.41) is 13.6. The Kier molecular flexibility index (Phi) is 9.02. The Bertz CT molecular complexity index is 1060. The van der Waals surface area contributed by atoms with Gasteiger partial charge in [-0.1, -0.05) is 29.3 Å². The minimum Gasteiger partial charge on any atom is -0.497 e. The summed E-state index contributed by atoms with van der Waals surface area (Å²) in [6, 6.07) is 15.0. The Hall–Kier alpha value is -1.82. The van der Waals surface area contributed by atoms with Crippen molar-refractivity contribution < 1.29 is 9.84 Å². The average molecular weight is 508 g/mol. The van der Waals surface area contributed by atoms with Crippen molar-refractivity contribution in [1.29, 1.82) is 0 Å². The highest BCUT2D eigenvalue weighted by molar-refractivity contribution is 6.32. The van der Waals surface area contributed by atoms with Crippen LogP contribution < -0.4 is 4.74 Å². The third-order valence-corrected chi connectivity index (χ3v) is 7.13. The molecule has 0 spiro atoms. The molecular weight excluding hydrogens is 479 g/mol. The fourth-order valence-corrected chi connectivity index (χ4v) is 5.13. The van der Waals surface area contributed by atoms with E-state index in [4.69, 9.17) is 27.9 Å². The molecule has 33 heavy (non-hydrogen) atoms. The number of piperidine rings is 3. The summed E-state index contributed by atoms with van der Waals surface area (Å²) < 4.78 is 5.35. The van der Waals surface area contributed by atoms with Crippen molar-refractivity contribution in [1.82, 2.24) is 9.88 Å². The summed E-state index contributed by atoms with van der Waals surface area (Å²) in [6.45, 7) is 6.07. The van der Waals surface area contributed by atoms with Gasteiger partial charge in [0.15, 0.2) is 0 Å². The third kappa shape index (κ3) is 5.82. The van der Waals surface area contributed by atoms with Crippen molar-refractivity contribution in [3.63, 3.8) is 0 Å². The molecule has 3 aliphatic rings. The van der Waals surface area contributed by atoms with E-state index in [2.05, 4.69) is 22.5 Å². The monoisotopic (exact) mass is 506 g/mol. The van der Waals surface area contributed by atoms with Gasteiger partial charge in [-0.15, -0.1) is 19.0 Å². The molecule has 3 aromatic rings. The quantitative estimate of drug-likeness (QED) is 0.405. The number of hydrogen-bond donors (Lipinski definition) is 1. The zero-order valence-corrected chi connectivity index (χ0v) is 20.9. The molecule has 3 saturated heterocycles. The molecule has 2 aromatic carbocycles. The van der Waals surface area contributed by atoms with Crippen LogP contribution in [0.25, 0.3) is 10.9 Å². The normalized spacial score (nSPS) is 24.2. The van der Waals surface area contributed by atoms with Gasteiger partial charge in [0.2, 0.25) is 0 Å². The van der Waals surface area contributed by atoms with Crippen molar-refractivity contribution in [2.45, 2.75) is 25.0 Å². The van der Waals surface area contributed by atoms with Crippen LogP contribution in [0.15, 0.2) is 67.4 Å². The van der Waals surface area contributed by atoms with Gasteiger partial charge in [-0.3, -0.25) is 9.88 Å². The number of nitrogens with zero attached hydrogens (tertiary/aromatic N) is 2. The first-order valence-corrected chi connectivity index (χ1v) is 11.6. The molecular formula is C26H29Cl3N2O2. The van der Waals surface area contributed by atoms with Crippen LogP contribution >= 0.6 is 35.6 Å². The second-order valence-corrected chi connectivity index (χ2v) is 9.28. The molecule has 5 atom stereocenters. The molecule has 1 aromatic heterocycles. The molecule has 1 N–H and O–H groups in total. The maximum absolute atomic E-state index is 11.2. The molecule has 2 bridgehead atoms. The van der Waals surface area contributed by atoms with Gasteiger partial charge < -0.3 is 9.84 Å². The summed E-state index contributed by atoms with van der Waals surface area (Å²) in [4.78, 5) is 6.86. The zero-order valence-electron chi connectivity index (χ0n) is 18.5. The van der Waals surface area contributed by atoms with E-state index in [9.17, 15) is 5.11 Å². The van der Waals surface area contributed by atoms with E-state index < -0.39 is 6.10 Å². The highest BCUT2D eigenvalue weighted by atomic mass is 35.5. The number of fused-ring (bicyclic) bond motifs is 4. The zero-order chi connectivity index (χ0) is 22.7. The fraction of sp³-hybridized carbons (Fsp3) is 0.346. The Balaban J connectivity index is 0.000000290. The first-order valence-electron chi connectivity index (χ1n) is 10.9. The number of aliphatic hydroxyl groups excluding tert-OH is 1. The first-order chi connectivity index (χ1) is 15.5. The minimum atomic E-state index is -0.504. The van der Waals surface area contributed by atoms with Crippen molar-refractivity contribution in [2.24, 2.45) is 11.8 Å². The number of aliphatic hydroxyl groups is 1. The van der Waals surface area contributed by atoms with Gasteiger partial charge in [0.25, 0.3) is 0 Å². The summed E-state index contributed by atoms with van der Waals surface area (Å²) in [6.07, 6.45) is 5.62. The van der Waals surface area contributed by atoms with Crippen molar-refractivity contribution in [2.75, 3.05) is 20.2 Å². The maximum Gasteiger partial charge on any atom is 0.119 e. The number of hydrogen-bond acceptors (Lipinski definition) is 4. The number of benzene rings is 2. The van der Waals surface area contributed by atoms with Crippen molar-refractivity contribution in [3.05, 3.63) is 83.0 Å². The fourth-order valence-electron chi connectivity index (χ4n) is 4.87. The highest BCUT2D eigenvalue weighted by Gasteiger charge is 2.42. The topological polar surface area (TPSA) is 45.6 Å². The van der Waals surface area contributed by atoms with Crippen LogP contribution in [0.5, 0.6) is 5.75 Å². The summed E-state index contributed by atoms with van der Waals surface area (Å²) in [7, 11) is 1.66. The van der Waals surface area contributed by atoms with Gasteiger partial charge in [0.1, 0.15) is 5.75 Å². The molecule has 0 radical (unpaired) electrons. The average Bonchev–Trinajstić information content (AvgIpc) is 2.85. The lowest BCUT2D eigenvalue weighted by Gasteiger charge is -2.50. The summed E-state index contributed by atoms with van der Waals surface area (Å²) >= 11 is 11.1. The Morgan fingerprint density at radius 1 is 1.15 bits per heavy atom.